The molecule has 1 N–H and O–H groups in total. The van der Waals surface area contributed by atoms with Crippen molar-refractivity contribution in [2.45, 2.75) is 19.3 Å². The number of benzene rings is 1. The summed E-state index contributed by atoms with van der Waals surface area (Å²) in [7, 11) is 0. The molecule has 0 heterocycles. The molecular formula is C26H27NO3. The monoisotopic (exact) mass is 401 g/mol. The third-order valence-electron chi connectivity index (χ3n) is 3.98. The van der Waals surface area contributed by atoms with Gasteiger partial charge in [-0.05, 0) is 36.6 Å². The molecule has 154 valence electrons. The van der Waals surface area contributed by atoms with Crippen LogP contribution in [0.2, 0.25) is 0 Å². The first-order chi connectivity index (χ1) is 14.7. The Morgan fingerprint density at radius 2 is 1.50 bits per heavy atom. The Bertz CT molecular complexity index is 884. The Morgan fingerprint density at radius 1 is 0.833 bits per heavy atom. The van der Waals surface area contributed by atoms with Gasteiger partial charge in [0.2, 0.25) is 5.91 Å². The molecule has 4 nitrogen and oxygen atoms in total. The van der Waals surface area contributed by atoms with Gasteiger partial charge in [0.15, 0.2) is 0 Å². The van der Waals surface area contributed by atoms with E-state index < -0.39 is 0 Å². The fraction of sp³-hybridized carbons (Fsp3) is 0.154. The molecule has 0 radical (unpaired) electrons. The van der Waals surface area contributed by atoms with E-state index in [9.17, 15) is 9.59 Å². The number of unbranched alkanes of at least 4 members (excludes halogenated alkanes) is 1. The second-order valence-electron chi connectivity index (χ2n) is 6.43. The Labute approximate surface area is 178 Å². The minimum absolute atomic E-state index is 0.145. The van der Waals surface area contributed by atoms with E-state index in [1.54, 1.807) is 18.2 Å². The van der Waals surface area contributed by atoms with Gasteiger partial charge in [-0.25, -0.2) is 0 Å². The molecule has 0 saturated carbocycles. The number of hydrogen-bond acceptors (Lipinski definition) is 3. The number of rotatable bonds is 8. The smallest absolute Gasteiger partial charge is 0.311 e. The molecule has 2 rings (SSSR count). The molecule has 30 heavy (non-hydrogen) atoms. The molecule has 0 saturated heterocycles. The normalized spacial score (nSPS) is 17.8. The number of nitrogens with one attached hydrogen (secondary N) is 1. The van der Waals surface area contributed by atoms with Gasteiger partial charge in [0.1, 0.15) is 5.76 Å². The average molecular weight is 402 g/mol. The van der Waals surface area contributed by atoms with Crippen molar-refractivity contribution in [3.63, 3.8) is 0 Å². The molecule has 0 aliphatic heterocycles. The summed E-state index contributed by atoms with van der Waals surface area (Å²) in [5.41, 5.74) is 0.975. The van der Waals surface area contributed by atoms with Crippen LogP contribution in [0.3, 0.4) is 0 Å². The fourth-order valence-electron chi connectivity index (χ4n) is 2.46. The minimum Gasteiger partial charge on any atom is -0.427 e. The molecule has 0 bridgehead atoms. The number of hydrogen-bond donors (Lipinski definition) is 1. The molecule has 0 unspecified atom stereocenters. The molecule has 0 spiro atoms. The van der Waals surface area contributed by atoms with Gasteiger partial charge >= 0.3 is 5.97 Å². The third kappa shape index (κ3) is 10.6. The standard InChI is InChI=1S/C26H27NO3/c28-25(21-20-23-15-9-8-10-16-23)27-22-14-13-19-26(29)30-24-17-11-6-4-2-1-3-5-7-12-18-24/h1-12,15-18,20-21H,13-14,19,22H2,(H,27,28)/b2-1-,3-1?,4-2?,5-3-,6-4-,7-5?,11-6?,12-7-,17-11?,18-12?,21-20+,24-17?,24-18?. The topological polar surface area (TPSA) is 55.4 Å². The van der Waals surface area contributed by atoms with Crippen molar-refractivity contribution in [1.82, 2.24) is 5.32 Å². The van der Waals surface area contributed by atoms with Crippen molar-refractivity contribution in [1.29, 1.82) is 0 Å². The molecule has 1 aromatic rings. The van der Waals surface area contributed by atoms with E-state index >= 15 is 0 Å². The van der Waals surface area contributed by atoms with Crippen LogP contribution in [-0.2, 0) is 14.3 Å². The van der Waals surface area contributed by atoms with Crippen molar-refractivity contribution in [2.75, 3.05) is 6.54 Å². The predicted octanol–water partition coefficient (Wildman–Crippen LogP) is 5.21. The van der Waals surface area contributed by atoms with Crippen LogP contribution >= 0.6 is 0 Å². The zero-order valence-electron chi connectivity index (χ0n) is 16.9. The quantitative estimate of drug-likeness (QED) is 0.370. The predicted molar refractivity (Wildman–Crippen MR) is 122 cm³/mol. The third-order valence-corrected chi connectivity index (χ3v) is 3.98. The van der Waals surface area contributed by atoms with E-state index in [1.165, 1.54) is 6.08 Å². The lowest BCUT2D eigenvalue weighted by atomic mass is 10.2. The van der Waals surface area contributed by atoms with Crippen LogP contribution in [0, 0.1) is 0 Å². The zero-order valence-corrected chi connectivity index (χ0v) is 16.9. The van der Waals surface area contributed by atoms with E-state index in [0.29, 0.717) is 31.6 Å². The SMILES string of the molecule is O=C(/C=C/c1ccccc1)NCCCCC(=O)OC1=C\C=C/C=C\C=C/C=C\C=C1. The zero-order chi connectivity index (χ0) is 21.3. The molecule has 4 heteroatoms. The van der Waals surface area contributed by atoms with Crippen molar-refractivity contribution in [2.24, 2.45) is 0 Å². The highest BCUT2D eigenvalue weighted by Crippen LogP contribution is 2.06. The van der Waals surface area contributed by atoms with Crippen LogP contribution in [0.15, 0.2) is 109 Å². The highest BCUT2D eigenvalue weighted by Gasteiger charge is 2.05. The number of esters is 1. The van der Waals surface area contributed by atoms with Gasteiger partial charge in [0, 0.05) is 19.0 Å². The van der Waals surface area contributed by atoms with Gasteiger partial charge in [-0.3, -0.25) is 9.59 Å². The maximum absolute atomic E-state index is 12.1. The molecule has 0 aromatic heterocycles. The minimum atomic E-state index is -0.291. The van der Waals surface area contributed by atoms with Crippen LogP contribution in [0.4, 0.5) is 0 Å². The van der Waals surface area contributed by atoms with Gasteiger partial charge in [-0.15, -0.1) is 0 Å². The van der Waals surface area contributed by atoms with Gasteiger partial charge in [-0.1, -0.05) is 85.0 Å². The van der Waals surface area contributed by atoms with Crippen LogP contribution in [0.1, 0.15) is 24.8 Å². The van der Waals surface area contributed by atoms with Gasteiger partial charge in [0.05, 0.1) is 0 Å². The van der Waals surface area contributed by atoms with Crippen molar-refractivity contribution in [3.8, 4) is 0 Å². The van der Waals surface area contributed by atoms with Crippen molar-refractivity contribution in [3.05, 3.63) is 115 Å². The lowest BCUT2D eigenvalue weighted by Crippen LogP contribution is -2.22. The van der Waals surface area contributed by atoms with E-state index in [-0.39, 0.29) is 11.9 Å². The summed E-state index contributed by atoms with van der Waals surface area (Å²) in [6.45, 7) is 0.515. The first-order valence-electron chi connectivity index (χ1n) is 10.0. The van der Waals surface area contributed by atoms with Crippen LogP contribution in [0.25, 0.3) is 6.08 Å². The molecule has 1 aromatic carbocycles. The van der Waals surface area contributed by atoms with Gasteiger partial charge in [0.25, 0.3) is 0 Å². The second kappa shape index (κ2) is 14.4. The summed E-state index contributed by atoms with van der Waals surface area (Å²) in [5, 5.41) is 2.82. The summed E-state index contributed by atoms with van der Waals surface area (Å²) in [6, 6.07) is 9.64. The van der Waals surface area contributed by atoms with E-state index in [0.717, 1.165) is 5.56 Å². The molecule has 1 aliphatic carbocycles. The van der Waals surface area contributed by atoms with Gasteiger partial charge < -0.3 is 10.1 Å². The first-order valence-corrected chi connectivity index (χ1v) is 10.0. The van der Waals surface area contributed by atoms with E-state index in [4.69, 9.17) is 4.74 Å². The molecule has 1 aliphatic rings. The highest BCUT2D eigenvalue weighted by atomic mass is 16.5. The first kappa shape index (κ1) is 22.6. The van der Waals surface area contributed by atoms with Crippen LogP contribution in [-0.4, -0.2) is 18.4 Å². The van der Waals surface area contributed by atoms with Crippen molar-refractivity contribution >= 4 is 18.0 Å². The molecular weight excluding hydrogens is 374 g/mol. The summed E-state index contributed by atoms with van der Waals surface area (Å²) in [5.74, 6) is 0.0491. The highest BCUT2D eigenvalue weighted by molar-refractivity contribution is 5.91. The summed E-state index contributed by atoms with van der Waals surface area (Å²) < 4.78 is 5.42. The molecule has 1 amide bonds. The lowest BCUT2D eigenvalue weighted by Gasteiger charge is -2.05. The molecule has 0 atom stereocenters. The average Bonchev–Trinajstić information content (AvgIpc) is 2.74. The second-order valence-corrected chi connectivity index (χ2v) is 6.43. The van der Waals surface area contributed by atoms with Crippen molar-refractivity contribution < 1.29 is 14.3 Å². The van der Waals surface area contributed by atoms with Gasteiger partial charge in [-0.2, -0.15) is 0 Å². The summed E-state index contributed by atoms with van der Waals surface area (Å²) in [6.07, 6.45) is 25.4. The summed E-state index contributed by atoms with van der Waals surface area (Å²) >= 11 is 0. The Kier molecular flexibility index (Phi) is 10.8. The largest absolute Gasteiger partial charge is 0.427 e. The van der Waals surface area contributed by atoms with Crippen LogP contribution < -0.4 is 5.32 Å². The van der Waals surface area contributed by atoms with E-state index in [1.807, 2.05) is 85.0 Å². The number of allylic oxidation sites excluding steroid dienone is 11. The Morgan fingerprint density at radius 3 is 2.23 bits per heavy atom. The Hall–Kier alpha value is -3.66. The lowest BCUT2D eigenvalue weighted by molar-refractivity contribution is -0.139. The van der Waals surface area contributed by atoms with Crippen LogP contribution in [0.5, 0.6) is 0 Å². The maximum Gasteiger partial charge on any atom is 0.311 e. The summed E-state index contributed by atoms with van der Waals surface area (Å²) in [4.78, 5) is 23.9. The number of carbonyl (C=O) groups is 2. The number of carbonyl (C=O) groups excluding carboxylic acids is 2. The van der Waals surface area contributed by atoms with E-state index in [2.05, 4.69) is 5.32 Å². The fourth-order valence-corrected chi connectivity index (χ4v) is 2.46. The number of amides is 1. The maximum atomic E-state index is 12.1. The number of ether oxygens (including phenoxy) is 1. The molecule has 0 fully saturated rings. The Balaban J connectivity index is 1.67.